The third-order valence-corrected chi connectivity index (χ3v) is 3.69. The molecule has 0 aliphatic heterocycles. The first-order chi connectivity index (χ1) is 11.4. The zero-order valence-electron chi connectivity index (χ0n) is 13.9. The van der Waals surface area contributed by atoms with Gasteiger partial charge in [0, 0.05) is 18.0 Å². The summed E-state index contributed by atoms with van der Waals surface area (Å²) < 4.78 is 12.8. The number of nitrogens with zero attached hydrogens (tertiary/aromatic N) is 2. The van der Waals surface area contributed by atoms with E-state index in [-0.39, 0.29) is 5.70 Å². The average Bonchev–Trinajstić information content (AvgIpc) is 2.86. The summed E-state index contributed by atoms with van der Waals surface area (Å²) in [6, 6.07) is 9.02. The third-order valence-electron chi connectivity index (χ3n) is 3.44. The Kier molecular flexibility index (Phi) is 5.41. The van der Waals surface area contributed by atoms with Gasteiger partial charge in [0.2, 0.25) is 5.69 Å². The van der Waals surface area contributed by atoms with Gasteiger partial charge >= 0.3 is 17.6 Å². The van der Waals surface area contributed by atoms with E-state index < -0.39 is 11.9 Å². The van der Waals surface area contributed by atoms with Gasteiger partial charge in [0.25, 0.3) is 0 Å². The first-order valence-electron chi connectivity index (χ1n) is 7.14. The Morgan fingerprint density at radius 2 is 1.75 bits per heavy atom. The molecule has 0 saturated carbocycles. The lowest BCUT2D eigenvalue weighted by Crippen LogP contribution is -2.47. The Morgan fingerprint density at radius 1 is 1.12 bits per heavy atom. The van der Waals surface area contributed by atoms with Crippen molar-refractivity contribution in [1.29, 1.82) is 0 Å². The fraction of sp³-hybridized carbons (Fsp3) is 0.235. The number of hydrogen-bond acceptors (Lipinski definition) is 4. The fourth-order valence-corrected chi connectivity index (χ4v) is 2.55. The minimum Gasteiger partial charge on any atom is -0.466 e. The lowest BCUT2D eigenvalue weighted by molar-refractivity contribution is -0.664. The van der Waals surface area contributed by atoms with Gasteiger partial charge in [0.15, 0.2) is 0 Å². The van der Waals surface area contributed by atoms with Gasteiger partial charge in [-0.2, -0.15) is 0 Å². The summed E-state index contributed by atoms with van der Waals surface area (Å²) in [5.41, 5.74) is 2.45. The van der Waals surface area contributed by atoms with Gasteiger partial charge in [-0.3, -0.25) is 0 Å². The number of aromatic nitrogens is 2. The highest BCUT2D eigenvalue weighted by Gasteiger charge is 2.31. The van der Waals surface area contributed by atoms with Crippen LogP contribution < -0.4 is 4.68 Å². The largest absolute Gasteiger partial charge is 0.466 e. The Hall–Kier alpha value is -2.60. The van der Waals surface area contributed by atoms with Gasteiger partial charge in [-0.1, -0.05) is 16.3 Å². The molecular weight excluding hydrogens is 332 g/mol. The molecule has 2 rings (SSSR count). The van der Waals surface area contributed by atoms with Crippen LogP contribution in [0, 0.1) is 13.8 Å². The molecule has 6 nitrogen and oxygen atoms in total. The Morgan fingerprint density at radius 3 is 2.29 bits per heavy atom. The summed E-state index contributed by atoms with van der Waals surface area (Å²) in [5.74, 6) is -1.30. The fourth-order valence-electron chi connectivity index (χ4n) is 2.42. The van der Waals surface area contributed by atoms with Crippen molar-refractivity contribution >= 4 is 29.2 Å². The zero-order chi connectivity index (χ0) is 17.9. The van der Waals surface area contributed by atoms with E-state index in [1.54, 1.807) is 21.5 Å². The van der Waals surface area contributed by atoms with Crippen molar-refractivity contribution < 1.29 is 23.7 Å². The average molecular weight is 350 g/mol. The van der Waals surface area contributed by atoms with Gasteiger partial charge < -0.3 is 9.47 Å². The van der Waals surface area contributed by atoms with Crippen molar-refractivity contribution in [2.24, 2.45) is 0 Å². The number of rotatable bonds is 4. The van der Waals surface area contributed by atoms with Crippen LogP contribution in [0.3, 0.4) is 0 Å². The Balaban J connectivity index is 2.72. The number of carbonyl (C=O) groups excluding carboxylic acids is 2. The molecule has 1 aromatic carbocycles. The van der Waals surface area contributed by atoms with Crippen molar-refractivity contribution in [2.45, 2.75) is 13.8 Å². The van der Waals surface area contributed by atoms with Crippen molar-refractivity contribution in [3.05, 3.63) is 52.8 Å². The van der Waals surface area contributed by atoms with Crippen LogP contribution in [-0.4, -0.2) is 30.8 Å². The molecule has 2 aromatic rings. The summed E-state index contributed by atoms with van der Waals surface area (Å²) in [5, 5.41) is 0.602. The van der Waals surface area contributed by atoms with E-state index in [1.807, 2.05) is 32.0 Å². The minimum atomic E-state index is -0.651. The number of esters is 2. The van der Waals surface area contributed by atoms with Crippen LogP contribution in [-0.2, 0) is 19.1 Å². The summed E-state index contributed by atoms with van der Waals surface area (Å²) in [4.78, 5) is 23.9. The van der Waals surface area contributed by atoms with Crippen LogP contribution >= 0.6 is 11.6 Å². The van der Waals surface area contributed by atoms with E-state index >= 15 is 0 Å². The smallest absolute Gasteiger partial charge is 0.406 e. The van der Waals surface area contributed by atoms with Crippen molar-refractivity contribution in [2.75, 3.05) is 14.2 Å². The predicted molar refractivity (Wildman–Crippen MR) is 88.8 cm³/mol. The Labute approximate surface area is 144 Å². The van der Waals surface area contributed by atoms with E-state index in [2.05, 4.69) is 4.74 Å². The maximum absolute atomic E-state index is 12.2. The number of aryl methyl sites for hydroxylation is 2. The Bertz CT molecular complexity index is 807. The van der Waals surface area contributed by atoms with Crippen LogP contribution in [0.25, 0.3) is 11.4 Å². The highest BCUT2D eigenvalue weighted by molar-refractivity contribution is 6.30. The van der Waals surface area contributed by atoms with Gasteiger partial charge in [0.1, 0.15) is 11.8 Å². The summed E-state index contributed by atoms with van der Waals surface area (Å²) in [6.45, 7) is 3.72. The van der Waals surface area contributed by atoms with Gasteiger partial charge in [-0.05, 0) is 31.2 Å². The molecule has 0 radical (unpaired) electrons. The molecule has 0 amide bonds. The lowest BCUT2D eigenvalue weighted by Gasteiger charge is -2.07. The van der Waals surface area contributed by atoms with Crippen molar-refractivity contribution in [3.8, 4) is 5.69 Å². The quantitative estimate of drug-likeness (QED) is 0.482. The molecule has 24 heavy (non-hydrogen) atoms. The van der Waals surface area contributed by atoms with Crippen molar-refractivity contribution in [3.63, 3.8) is 0 Å². The van der Waals surface area contributed by atoms with Crippen LogP contribution in [0.15, 0.2) is 36.4 Å². The predicted octanol–water partition coefficient (Wildman–Crippen LogP) is 2.22. The second kappa shape index (κ2) is 7.31. The molecule has 0 aliphatic carbocycles. The second-order valence-electron chi connectivity index (χ2n) is 5.07. The highest BCUT2D eigenvalue weighted by Crippen LogP contribution is 2.16. The van der Waals surface area contributed by atoms with Crippen LogP contribution in [0.1, 0.15) is 11.4 Å². The van der Waals surface area contributed by atoms with E-state index in [0.717, 1.165) is 23.2 Å². The summed E-state index contributed by atoms with van der Waals surface area (Å²) >= 11 is 5.94. The van der Waals surface area contributed by atoms with Gasteiger partial charge in [-0.25, -0.2) is 9.59 Å². The van der Waals surface area contributed by atoms with Crippen LogP contribution in [0.5, 0.6) is 0 Å². The third kappa shape index (κ3) is 3.49. The number of methoxy groups -OCH3 is 2. The lowest BCUT2D eigenvalue weighted by atomic mass is 10.3. The molecule has 0 aliphatic rings. The molecule has 0 unspecified atom stereocenters. The number of ether oxygens (including phenoxy) is 2. The van der Waals surface area contributed by atoms with Gasteiger partial charge in [0.05, 0.1) is 19.9 Å². The second-order valence-corrected chi connectivity index (χ2v) is 5.51. The molecular formula is C17H18ClN2O4+. The molecule has 0 atom stereocenters. The number of carbonyl (C=O) groups is 2. The maximum atomic E-state index is 12.2. The highest BCUT2D eigenvalue weighted by atomic mass is 35.5. The van der Waals surface area contributed by atoms with E-state index in [4.69, 9.17) is 16.3 Å². The summed E-state index contributed by atoms with van der Waals surface area (Å²) in [6.07, 6.45) is 1.10. The molecule has 0 spiro atoms. The van der Waals surface area contributed by atoms with Crippen LogP contribution in [0.4, 0.5) is 0 Å². The van der Waals surface area contributed by atoms with E-state index in [0.29, 0.717) is 5.02 Å². The van der Waals surface area contributed by atoms with E-state index in [1.165, 1.54) is 14.2 Å². The maximum Gasteiger partial charge on any atom is 0.406 e. The number of benzene rings is 1. The monoisotopic (exact) mass is 349 g/mol. The van der Waals surface area contributed by atoms with Crippen molar-refractivity contribution in [1.82, 2.24) is 4.68 Å². The van der Waals surface area contributed by atoms with Gasteiger partial charge in [-0.15, -0.1) is 4.68 Å². The molecule has 7 heteroatoms. The molecule has 0 fully saturated rings. The molecule has 126 valence electrons. The van der Waals surface area contributed by atoms with E-state index in [9.17, 15) is 9.59 Å². The topological polar surface area (TPSA) is 61.4 Å². The van der Waals surface area contributed by atoms with Crippen LogP contribution in [0.2, 0.25) is 5.02 Å². The molecule has 0 N–H and O–H groups in total. The minimum absolute atomic E-state index is 0.0462. The molecule has 0 saturated heterocycles. The molecule has 1 heterocycles. The standard InChI is InChI=1S/C17H18ClN2O4/c1-11-9-12(2)20(15(17(22)24-4)10-16(21)23-3)19(11)14-7-5-13(18)6-8-14/h5-10H,1-4H3/q+1/b15-10-. The SMILES string of the molecule is COC(=O)/C=C(/C(=O)OC)[n+]1c(C)cc(C)n1-c1ccc(Cl)cc1. The number of halogens is 1. The normalized spacial score (nSPS) is 11.3. The molecule has 0 bridgehead atoms. The first kappa shape index (κ1) is 17.7. The molecule has 1 aromatic heterocycles. The zero-order valence-corrected chi connectivity index (χ0v) is 14.6. The first-order valence-corrected chi connectivity index (χ1v) is 7.52. The summed E-state index contributed by atoms with van der Waals surface area (Å²) in [7, 11) is 2.50. The number of hydrogen-bond donors (Lipinski definition) is 0.